The molecular formula is C14H10ClNO4S. The van der Waals surface area contributed by atoms with Gasteiger partial charge in [0.05, 0.1) is 22.6 Å². The molecule has 0 amide bonds. The lowest BCUT2D eigenvalue weighted by Crippen LogP contribution is -2.01. The normalized spacial score (nSPS) is 10.2. The molecule has 7 heteroatoms. The Morgan fingerprint density at radius 1 is 1.19 bits per heavy atom. The minimum atomic E-state index is -0.494. The maximum absolute atomic E-state index is 11.4. The summed E-state index contributed by atoms with van der Waals surface area (Å²) in [6.07, 6.45) is 0. The molecule has 0 bridgehead atoms. The zero-order valence-corrected chi connectivity index (χ0v) is 12.5. The van der Waals surface area contributed by atoms with Gasteiger partial charge in [0, 0.05) is 21.9 Å². The van der Waals surface area contributed by atoms with Crippen molar-refractivity contribution < 1.29 is 14.5 Å². The highest BCUT2D eigenvalue weighted by Gasteiger charge is 2.11. The SMILES string of the molecule is COC(=O)c1ccc(Sc2ccc([N+](=O)[O-])cc2)cc1Cl. The molecule has 0 aliphatic heterocycles. The molecule has 0 saturated carbocycles. The van der Waals surface area contributed by atoms with Gasteiger partial charge in [-0.05, 0) is 30.3 Å². The van der Waals surface area contributed by atoms with Crippen LogP contribution in [0.15, 0.2) is 52.3 Å². The van der Waals surface area contributed by atoms with E-state index in [4.69, 9.17) is 11.6 Å². The number of carbonyl (C=O) groups is 1. The summed E-state index contributed by atoms with van der Waals surface area (Å²) in [6.45, 7) is 0. The first-order valence-electron chi connectivity index (χ1n) is 5.81. The van der Waals surface area contributed by atoms with Crippen molar-refractivity contribution in [2.75, 3.05) is 7.11 Å². The number of ether oxygens (including phenoxy) is 1. The third kappa shape index (κ3) is 3.74. The number of esters is 1. The van der Waals surface area contributed by atoms with Crippen LogP contribution in [0.2, 0.25) is 5.02 Å². The molecule has 0 atom stereocenters. The summed E-state index contributed by atoms with van der Waals surface area (Å²) in [4.78, 5) is 23.2. The van der Waals surface area contributed by atoms with E-state index in [0.717, 1.165) is 9.79 Å². The Hall–Kier alpha value is -2.05. The van der Waals surface area contributed by atoms with Crippen LogP contribution in [0.25, 0.3) is 0 Å². The molecule has 21 heavy (non-hydrogen) atoms. The predicted molar refractivity (Wildman–Crippen MR) is 80.0 cm³/mol. The van der Waals surface area contributed by atoms with Crippen LogP contribution >= 0.6 is 23.4 Å². The highest BCUT2D eigenvalue weighted by atomic mass is 35.5. The highest BCUT2D eigenvalue weighted by Crippen LogP contribution is 2.31. The Labute approximate surface area is 130 Å². The first kappa shape index (κ1) is 15.3. The van der Waals surface area contributed by atoms with Crippen molar-refractivity contribution in [1.82, 2.24) is 0 Å². The first-order valence-corrected chi connectivity index (χ1v) is 7.01. The molecule has 0 saturated heterocycles. The molecule has 0 unspecified atom stereocenters. The molecular weight excluding hydrogens is 314 g/mol. The average Bonchev–Trinajstić information content (AvgIpc) is 2.47. The van der Waals surface area contributed by atoms with Crippen LogP contribution < -0.4 is 0 Å². The molecule has 108 valence electrons. The number of hydrogen-bond donors (Lipinski definition) is 0. The molecule has 0 N–H and O–H groups in total. The molecule has 2 aromatic rings. The summed E-state index contributed by atoms with van der Waals surface area (Å²) in [5, 5.41) is 10.9. The lowest BCUT2D eigenvalue weighted by Gasteiger charge is -2.05. The van der Waals surface area contributed by atoms with Crippen LogP contribution in [0.1, 0.15) is 10.4 Å². The quantitative estimate of drug-likeness (QED) is 0.479. The average molecular weight is 324 g/mol. The lowest BCUT2D eigenvalue weighted by molar-refractivity contribution is -0.384. The minimum Gasteiger partial charge on any atom is -0.465 e. The van der Waals surface area contributed by atoms with Crippen molar-refractivity contribution in [3.63, 3.8) is 0 Å². The summed E-state index contributed by atoms with van der Waals surface area (Å²) in [5.74, 6) is -0.494. The van der Waals surface area contributed by atoms with Gasteiger partial charge in [0.15, 0.2) is 0 Å². The highest BCUT2D eigenvalue weighted by molar-refractivity contribution is 7.99. The Bertz CT molecular complexity index is 688. The Morgan fingerprint density at radius 2 is 1.81 bits per heavy atom. The summed E-state index contributed by atoms with van der Waals surface area (Å²) in [7, 11) is 1.29. The van der Waals surface area contributed by atoms with Crippen molar-refractivity contribution in [3.8, 4) is 0 Å². The molecule has 0 spiro atoms. The van der Waals surface area contributed by atoms with E-state index in [0.29, 0.717) is 10.6 Å². The van der Waals surface area contributed by atoms with Gasteiger partial charge >= 0.3 is 5.97 Å². The van der Waals surface area contributed by atoms with E-state index >= 15 is 0 Å². The number of hydrogen-bond acceptors (Lipinski definition) is 5. The van der Waals surface area contributed by atoms with E-state index in [-0.39, 0.29) is 5.69 Å². The van der Waals surface area contributed by atoms with Crippen molar-refractivity contribution in [2.24, 2.45) is 0 Å². The van der Waals surface area contributed by atoms with Gasteiger partial charge in [0.2, 0.25) is 0 Å². The van der Waals surface area contributed by atoms with E-state index in [1.54, 1.807) is 30.3 Å². The number of carbonyl (C=O) groups excluding carboxylic acids is 1. The van der Waals surface area contributed by atoms with E-state index in [1.165, 1.54) is 31.0 Å². The van der Waals surface area contributed by atoms with Gasteiger partial charge in [-0.3, -0.25) is 10.1 Å². The second-order valence-electron chi connectivity index (χ2n) is 3.99. The molecule has 0 aromatic heterocycles. The smallest absolute Gasteiger partial charge is 0.339 e. The molecule has 0 heterocycles. The number of rotatable bonds is 4. The second kappa shape index (κ2) is 6.60. The first-order chi connectivity index (χ1) is 10.0. The zero-order chi connectivity index (χ0) is 15.4. The monoisotopic (exact) mass is 323 g/mol. The van der Waals surface area contributed by atoms with E-state index < -0.39 is 10.9 Å². The maximum Gasteiger partial charge on any atom is 0.339 e. The number of nitro groups is 1. The maximum atomic E-state index is 11.4. The summed E-state index contributed by atoms with van der Waals surface area (Å²) >= 11 is 7.42. The van der Waals surface area contributed by atoms with E-state index in [1.807, 2.05) is 0 Å². The molecule has 5 nitrogen and oxygen atoms in total. The second-order valence-corrected chi connectivity index (χ2v) is 5.54. The third-order valence-electron chi connectivity index (χ3n) is 2.63. The molecule has 0 aliphatic carbocycles. The third-order valence-corrected chi connectivity index (χ3v) is 3.94. The van der Waals surface area contributed by atoms with Gasteiger partial charge in [0.1, 0.15) is 0 Å². The summed E-state index contributed by atoms with van der Waals surface area (Å²) in [6, 6.07) is 11.2. The van der Waals surface area contributed by atoms with Crippen LogP contribution in [0.3, 0.4) is 0 Å². The molecule has 0 aliphatic rings. The minimum absolute atomic E-state index is 0.0402. The molecule has 2 aromatic carbocycles. The van der Waals surface area contributed by atoms with Gasteiger partial charge < -0.3 is 4.74 Å². The number of methoxy groups -OCH3 is 1. The largest absolute Gasteiger partial charge is 0.465 e. The van der Waals surface area contributed by atoms with Gasteiger partial charge in [-0.25, -0.2) is 4.79 Å². The van der Waals surface area contributed by atoms with E-state index in [2.05, 4.69) is 4.74 Å². The summed E-state index contributed by atoms with van der Waals surface area (Å²) in [5.41, 5.74) is 0.339. The van der Waals surface area contributed by atoms with Crippen LogP contribution in [0.5, 0.6) is 0 Å². The Kier molecular flexibility index (Phi) is 4.82. The van der Waals surface area contributed by atoms with Crippen molar-refractivity contribution in [2.45, 2.75) is 9.79 Å². The molecule has 2 rings (SSSR count). The topological polar surface area (TPSA) is 69.4 Å². The van der Waals surface area contributed by atoms with Gasteiger partial charge in [-0.2, -0.15) is 0 Å². The number of nitrogens with zero attached hydrogens (tertiary/aromatic N) is 1. The van der Waals surface area contributed by atoms with Gasteiger partial charge in [-0.15, -0.1) is 0 Å². The summed E-state index contributed by atoms with van der Waals surface area (Å²) < 4.78 is 4.62. The fraction of sp³-hybridized carbons (Fsp3) is 0.0714. The Morgan fingerprint density at radius 3 is 2.33 bits per heavy atom. The number of non-ortho nitro benzene ring substituents is 1. The Balaban J connectivity index is 2.18. The fourth-order valence-electron chi connectivity index (χ4n) is 1.61. The van der Waals surface area contributed by atoms with Crippen molar-refractivity contribution >= 4 is 35.0 Å². The standard InChI is InChI=1S/C14H10ClNO4S/c1-20-14(17)12-7-6-11(8-13(12)15)21-10-4-2-9(3-5-10)16(18)19/h2-8H,1H3. The van der Waals surface area contributed by atoms with Crippen molar-refractivity contribution in [3.05, 3.63) is 63.2 Å². The van der Waals surface area contributed by atoms with E-state index in [9.17, 15) is 14.9 Å². The number of benzene rings is 2. The van der Waals surface area contributed by atoms with Gasteiger partial charge in [-0.1, -0.05) is 23.4 Å². The van der Waals surface area contributed by atoms with Crippen LogP contribution in [0, 0.1) is 10.1 Å². The van der Waals surface area contributed by atoms with Crippen molar-refractivity contribution in [1.29, 1.82) is 0 Å². The molecule has 0 radical (unpaired) electrons. The van der Waals surface area contributed by atoms with Crippen LogP contribution in [0.4, 0.5) is 5.69 Å². The van der Waals surface area contributed by atoms with Crippen LogP contribution in [-0.4, -0.2) is 18.0 Å². The van der Waals surface area contributed by atoms with Gasteiger partial charge in [0.25, 0.3) is 5.69 Å². The lowest BCUT2D eigenvalue weighted by atomic mass is 10.2. The zero-order valence-electron chi connectivity index (χ0n) is 10.9. The molecule has 0 fully saturated rings. The number of nitro benzene ring substituents is 1. The predicted octanol–water partition coefficient (Wildman–Crippen LogP) is 4.19. The number of halogens is 1. The van der Waals surface area contributed by atoms with Crippen LogP contribution in [-0.2, 0) is 4.74 Å². The fourth-order valence-corrected chi connectivity index (χ4v) is 2.79.